The first-order chi connectivity index (χ1) is 9.56. The van der Waals surface area contributed by atoms with Crippen molar-refractivity contribution >= 4 is 23.2 Å². The van der Waals surface area contributed by atoms with E-state index in [0.29, 0.717) is 15.8 Å². The minimum absolute atomic E-state index is 0.0443. The van der Waals surface area contributed by atoms with Gasteiger partial charge < -0.3 is 14.7 Å². The normalized spacial score (nSPS) is 19.1. The summed E-state index contributed by atoms with van der Waals surface area (Å²) < 4.78 is 5.16. The van der Waals surface area contributed by atoms with Crippen LogP contribution in [0.15, 0.2) is 12.1 Å². The van der Waals surface area contributed by atoms with Crippen molar-refractivity contribution in [1.29, 1.82) is 0 Å². The van der Waals surface area contributed by atoms with Crippen LogP contribution >= 0.6 is 23.2 Å². The Balaban J connectivity index is 2.23. The Labute approximate surface area is 129 Å². The fourth-order valence-electron chi connectivity index (χ4n) is 2.53. The number of benzene rings is 1. The lowest BCUT2D eigenvalue weighted by Crippen LogP contribution is -2.46. The van der Waals surface area contributed by atoms with Crippen LogP contribution in [0.1, 0.15) is 11.6 Å². The molecule has 1 fully saturated rings. The second kappa shape index (κ2) is 6.96. The van der Waals surface area contributed by atoms with Gasteiger partial charge >= 0.3 is 0 Å². The molecule has 1 aliphatic rings. The SMILES string of the molecule is COc1c(Cl)cc(C(CO)N2CCN(C)CC2)cc1Cl. The lowest BCUT2D eigenvalue weighted by Gasteiger charge is -2.37. The predicted octanol–water partition coefficient (Wildman–Crippen LogP) is 2.28. The van der Waals surface area contributed by atoms with E-state index in [0.717, 1.165) is 31.7 Å². The van der Waals surface area contributed by atoms with Crippen LogP contribution in [0.25, 0.3) is 0 Å². The van der Waals surface area contributed by atoms with Crippen LogP contribution in [0.3, 0.4) is 0 Å². The predicted molar refractivity (Wildman–Crippen MR) is 81.9 cm³/mol. The highest BCUT2D eigenvalue weighted by Crippen LogP contribution is 2.36. The van der Waals surface area contributed by atoms with E-state index in [9.17, 15) is 5.11 Å². The van der Waals surface area contributed by atoms with Crippen molar-refractivity contribution in [1.82, 2.24) is 9.80 Å². The third-order valence-corrected chi connectivity index (χ3v) is 4.32. The smallest absolute Gasteiger partial charge is 0.156 e. The number of hydrogen-bond donors (Lipinski definition) is 1. The zero-order chi connectivity index (χ0) is 14.7. The van der Waals surface area contributed by atoms with Gasteiger partial charge in [0.05, 0.1) is 29.8 Å². The highest BCUT2D eigenvalue weighted by molar-refractivity contribution is 6.37. The van der Waals surface area contributed by atoms with E-state index in [1.165, 1.54) is 7.11 Å². The number of likely N-dealkylation sites (N-methyl/N-ethyl adjacent to an activating group) is 1. The molecule has 0 bridgehead atoms. The molecule has 0 spiro atoms. The maximum atomic E-state index is 9.73. The fourth-order valence-corrected chi connectivity index (χ4v) is 3.19. The van der Waals surface area contributed by atoms with Crippen molar-refractivity contribution in [2.24, 2.45) is 0 Å². The van der Waals surface area contributed by atoms with Gasteiger partial charge in [-0.1, -0.05) is 23.2 Å². The van der Waals surface area contributed by atoms with Gasteiger partial charge in [-0.05, 0) is 24.7 Å². The van der Waals surface area contributed by atoms with Gasteiger partial charge in [-0.2, -0.15) is 0 Å². The molecule has 2 rings (SSSR count). The highest BCUT2D eigenvalue weighted by Gasteiger charge is 2.24. The zero-order valence-electron chi connectivity index (χ0n) is 11.8. The molecule has 20 heavy (non-hydrogen) atoms. The second-order valence-corrected chi connectivity index (χ2v) is 5.87. The van der Waals surface area contributed by atoms with Crippen molar-refractivity contribution in [3.63, 3.8) is 0 Å². The first-order valence-corrected chi connectivity index (χ1v) is 7.38. The van der Waals surface area contributed by atoms with Gasteiger partial charge in [0, 0.05) is 26.2 Å². The maximum absolute atomic E-state index is 9.73. The van der Waals surface area contributed by atoms with Crippen LogP contribution in [0.2, 0.25) is 10.0 Å². The van der Waals surface area contributed by atoms with Crippen LogP contribution in [0.4, 0.5) is 0 Å². The van der Waals surface area contributed by atoms with E-state index < -0.39 is 0 Å². The summed E-state index contributed by atoms with van der Waals surface area (Å²) in [6.45, 7) is 3.87. The van der Waals surface area contributed by atoms with Crippen molar-refractivity contribution in [2.45, 2.75) is 6.04 Å². The van der Waals surface area contributed by atoms with Crippen LogP contribution in [-0.2, 0) is 0 Å². The van der Waals surface area contributed by atoms with Gasteiger partial charge in [-0.3, -0.25) is 4.90 Å². The number of aliphatic hydroxyl groups excluding tert-OH is 1. The molecule has 1 heterocycles. The summed E-state index contributed by atoms with van der Waals surface area (Å²) in [6, 6.07) is 3.57. The molecule has 1 N–H and O–H groups in total. The summed E-state index contributed by atoms with van der Waals surface area (Å²) in [6.07, 6.45) is 0. The van der Waals surface area contributed by atoms with E-state index >= 15 is 0 Å². The molecule has 0 amide bonds. The number of methoxy groups -OCH3 is 1. The Morgan fingerprint density at radius 3 is 2.20 bits per heavy atom. The number of halogens is 2. The monoisotopic (exact) mass is 318 g/mol. The van der Waals surface area contributed by atoms with Crippen molar-refractivity contribution < 1.29 is 9.84 Å². The molecule has 1 atom stereocenters. The third kappa shape index (κ3) is 3.38. The molecule has 0 aromatic heterocycles. The van der Waals surface area contributed by atoms with Crippen molar-refractivity contribution in [2.75, 3.05) is 46.9 Å². The molecule has 0 aliphatic carbocycles. The molecular formula is C14H20Cl2N2O2. The number of hydrogen-bond acceptors (Lipinski definition) is 4. The number of piperazine rings is 1. The summed E-state index contributed by atoms with van der Waals surface area (Å²) in [5.41, 5.74) is 0.924. The van der Waals surface area contributed by atoms with E-state index in [4.69, 9.17) is 27.9 Å². The van der Waals surface area contributed by atoms with Crippen LogP contribution in [0, 0.1) is 0 Å². The minimum Gasteiger partial charge on any atom is -0.494 e. The first-order valence-electron chi connectivity index (χ1n) is 6.63. The summed E-state index contributed by atoms with van der Waals surface area (Å²) in [4.78, 5) is 4.54. The molecule has 4 nitrogen and oxygen atoms in total. The van der Waals surface area contributed by atoms with E-state index in [2.05, 4.69) is 16.8 Å². The topological polar surface area (TPSA) is 35.9 Å². The number of aliphatic hydroxyl groups is 1. The Morgan fingerprint density at radius 2 is 1.75 bits per heavy atom. The first kappa shape index (κ1) is 15.9. The standard InChI is InChI=1S/C14H20Cl2N2O2/c1-17-3-5-18(6-4-17)13(9-19)10-7-11(15)14(20-2)12(16)8-10/h7-8,13,19H,3-6,9H2,1-2H3. The van der Waals surface area contributed by atoms with Crippen molar-refractivity contribution in [3.05, 3.63) is 27.7 Å². The Morgan fingerprint density at radius 1 is 1.20 bits per heavy atom. The average molecular weight is 319 g/mol. The van der Waals surface area contributed by atoms with Crippen LogP contribution < -0.4 is 4.74 Å². The molecular weight excluding hydrogens is 299 g/mol. The summed E-state index contributed by atoms with van der Waals surface area (Å²) in [5, 5.41) is 10.7. The summed E-state index contributed by atoms with van der Waals surface area (Å²) >= 11 is 12.4. The van der Waals surface area contributed by atoms with Gasteiger partial charge in [0.15, 0.2) is 5.75 Å². The van der Waals surface area contributed by atoms with Crippen molar-refractivity contribution in [3.8, 4) is 5.75 Å². The fraction of sp³-hybridized carbons (Fsp3) is 0.571. The Kier molecular flexibility index (Phi) is 5.52. The highest BCUT2D eigenvalue weighted by atomic mass is 35.5. The van der Waals surface area contributed by atoms with E-state index in [1.807, 2.05) is 12.1 Å². The Bertz CT molecular complexity index is 439. The number of ether oxygens (including phenoxy) is 1. The lowest BCUT2D eigenvalue weighted by molar-refractivity contribution is 0.0748. The van der Waals surface area contributed by atoms with Gasteiger partial charge in [0.2, 0.25) is 0 Å². The molecule has 1 aliphatic heterocycles. The Hall–Kier alpha value is -0.520. The number of nitrogens with zero attached hydrogens (tertiary/aromatic N) is 2. The van der Waals surface area contributed by atoms with Crippen LogP contribution in [-0.4, -0.2) is 61.8 Å². The molecule has 1 saturated heterocycles. The zero-order valence-corrected chi connectivity index (χ0v) is 13.3. The molecule has 112 valence electrons. The summed E-state index contributed by atoms with van der Waals surface area (Å²) in [5.74, 6) is 0.479. The van der Waals surface area contributed by atoms with Gasteiger partial charge in [-0.15, -0.1) is 0 Å². The van der Waals surface area contributed by atoms with Gasteiger partial charge in [0.1, 0.15) is 0 Å². The minimum atomic E-state index is -0.0791. The molecule has 1 unspecified atom stereocenters. The van der Waals surface area contributed by atoms with Crippen LogP contribution in [0.5, 0.6) is 5.75 Å². The van der Waals surface area contributed by atoms with E-state index in [-0.39, 0.29) is 12.6 Å². The van der Waals surface area contributed by atoms with Gasteiger partial charge in [0.25, 0.3) is 0 Å². The molecule has 6 heteroatoms. The molecule has 1 aromatic rings. The molecule has 0 radical (unpaired) electrons. The molecule has 1 aromatic carbocycles. The average Bonchev–Trinajstić information content (AvgIpc) is 2.41. The quantitative estimate of drug-likeness (QED) is 0.924. The second-order valence-electron chi connectivity index (χ2n) is 5.06. The lowest BCUT2D eigenvalue weighted by atomic mass is 10.0. The number of rotatable bonds is 4. The third-order valence-electron chi connectivity index (χ3n) is 3.76. The maximum Gasteiger partial charge on any atom is 0.156 e. The largest absolute Gasteiger partial charge is 0.494 e. The molecule has 0 saturated carbocycles. The van der Waals surface area contributed by atoms with E-state index in [1.54, 1.807) is 0 Å². The summed E-state index contributed by atoms with van der Waals surface area (Å²) in [7, 11) is 3.64. The van der Waals surface area contributed by atoms with Gasteiger partial charge in [-0.25, -0.2) is 0 Å².